The fourth-order valence-corrected chi connectivity index (χ4v) is 2.97. The van der Waals surface area contributed by atoms with Gasteiger partial charge in [0.15, 0.2) is 0 Å². The van der Waals surface area contributed by atoms with Crippen molar-refractivity contribution in [2.24, 2.45) is 4.99 Å². The monoisotopic (exact) mass is 418 g/mol. The van der Waals surface area contributed by atoms with E-state index in [4.69, 9.17) is 4.74 Å². The highest BCUT2D eigenvalue weighted by Crippen LogP contribution is 2.28. The number of rotatable bonds is 6. The predicted molar refractivity (Wildman–Crippen MR) is 125 cm³/mol. The predicted octanol–water partition coefficient (Wildman–Crippen LogP) is 2.45. The Labute approximate surface area is 180 Å². The van der Waals surface area contributed by atoms with Crippen molar-refractivity contribution in [3.8, 4) is 11.8 Å². The number of anilines is 2. The van der Waals surface area contributed by atoms with Crippen LogP contribution in [0.3, 0.4) is 0 Å². The fourth-order valence-electron chi connectivity index (χ4n) is 2.97. The first-order valence-electron chi connectivity index (χ1n) is 9.75. The Bertz CT molecular complexity index is 1200. The quantitative estimate of drug-likeness (QED) is 0.600. The van der Waals surface area contributed by atoms with E-state index in [-0.39, 0.29) is 11.6 Å². The Morgan fingerprint density at radius 3 is 2.23 bits per heavy atom. The lowest BCUT2D eigenvalue weighted by atomic mass is 9.98. The third-order valence-corrected chi connectivity index (χ3v) is 4.80. The maximum Gasteiger partial charge on any atom is 0.302 e. The first-order chi connectivity index (χ1) is 14.7. The summed E-state index contributed by atoms with van der Waals surface area (Å²) in [6.45, 7) is 7.32. The summed E-state index contributed by atoms with van der Waals surface area (Å²) in [4.78, 5) is 24.9. The molecular formula is C24H26N4O3. The molecule has 0 saturated heterocycles. The van der Waals surface area contributed by atoms with Crippen LogP contribution in [-0.4, -0.2) is 35.4 Å². The van der Waals surface area contributed by atoms with Crippen molar-refractivity contribution in [2.75, 3.05) is 19.0 Å². The van der Waals surface area contributed by atoms with Gasteiger partial charge < -0.3 is 14.7 Å². The average molecular weight is 418 g/mol. The summed E-state index contributed by atoms with van der Waals surface area (Å²) in [7, 11) is 3.57. The number of aromatic nitrogens is 2. The molecule has 3 aromatic rings. The molecule has 0 atom stereocenters. The standard InChI is InChI=1S/C24H26N4O3/c1-16-21(14-15-25-4)22(29)27-23(26-16)31-20-12-10-19(11-13-20)28(5)18-8-6-17(7-9-18)24(2,3)30/h6-15,30H,1H2,2-5H3,(H,26,27,29)/b21-14+,25-15?. The molecule has 7 heteroatoms. The van der Waals surface area contributed by atoms with Gasteiger partial charge in [0.2, 0.25) is 0 Å². The van der Waals surface area contributed by atoms with Crippen LogP contribution < -0.4 is 25.8 Å². The first kappa shape index (κ1) is 22.0. The van der Waals surface area contributed by atoms with E-state index < -0.39 is 5.60 Å². The summed E-state index contributed by atoms with van der Waals surface area (Å²) in [6, 6.07) is 15.2. The molecule has 3 rings (SSSR count). The molecular weight excluding hydrogens is 392 g/mol. The summed E-state index contributed by atoms with van der Waals surface area (Å²) in [5.74, 6) is 0.531. The molecule has 2 aromatic carbocycles. The number of aliphatic imine (C=N–C) groups is 1. The second-order valence-electron chi connectivity index (χ2n) is 7.57. The van der Waals surface area contributed by atoms with E-state index in [2.05, 4.69) is 21.5 Å². The van der Waals surface area contributed by atoms with Gasteiger partial charge in [-0.25, -0.2) is 0 Å². The van der Waals surface area contributed by atoms with Crippen molar-refractivity contribution >= 4 is 30.2 Å². The van der Waals surface area contributed by atoms with Crippen molar-refractivity contribution in [2.45, 2.75) is 19.4 Å². The number of aliphatic hydroxyl groups is 1. The van der Waals surface area contributed by atoms with E-state index in [0.717, 1.165) is 16.9 Å². The Morgan fingerprint density at radius 2 is 1.71 bits per heavy atom. The molecule has 1 aromatic heterocycles. The molecule has 0 unspecified atom stereocenters. The van der Waals surface area contributed by atoms with Gasteiger partial charge in [-0.2, -0.15) is 4.98 Å². The summed E-state index contributed by atoms with van der Waals surface area (Å²) < 4.78 is 5.69. The normalized spacial score (nSPS) is 12.4. The van der Waals surface area contributed by atoms with Gasteiger partial charge in [0, 0.05) is 31.7 Å². The van der Waals surface area contributed by atoms with Gasteiger partial charge in [0.1, 0.15) is 5.75 Å². The largest absolute Gasteiger partial charge is 0.426 e. The lowest BCUT2D eigenvalue weighted by Crippen LogP contribution is -2.42. The van der Waals surface area contributed by atoms with Crippen LogP contribution in [0.5, 0.6) is 11.8 Å². The van der Waals surface area contributed by atoms with E-state index in [1.165, 1.54) is 6.21 Å². The van der Waals surface area contributed by atoms with E-state index >= 15 is 0 Å². The Hall–Kier alpha value is -3.71. The van der Waals surface area contributed by atoms with E-state index in [0.29, 0.717) is 16.3 Å². The zero-order valence-electron chi connectivity index (χ0n) is 18.1. The summed E-state index contributed by atoms with van der Waals surface area (Å²) >= 11 is 0. The molecule has 0 aliphatic rings. The maximum absolute atomic E-state index is 12.2. The number of H-pyrrole nitrogens is 1. The minimum atomic E-state index is -0.876. The van der Waals surface area contributed by atoms with Crippen molar-refractivity contribution in [1.29, 1.82) is 0 Å². The third kappa shape index (κ3) is 5.26. The first-order valence-corrected chi connectivity index (χ1v) is 9.75. The summed E-state index contributed by atoms with van der Waals surface area (Å²) in [5, 5.41) is 10.8. The van der Waals surface area contributed by atoms with E-state index in [1.807, 2.05) is 48.3 Å². The second kappa shape index (κ2) is 8.97. The molecule has 0 spiro atoms. The van der Waals surface area contributed by atoms with Crippen LogP contribution in [0.2, 0.25) is 0 Å². The minimum absolute atomic E-state index is 0.0731. The van der Waals surface area contributed by atoms with Gasteiger partial charge in [-0.1, -0.05) is 18.7 Å². The van der Waals surface area contributed by atoms with E-state index in [1.54, 1.807) is 39.1 Å². The number of nitrogens with zero attached hydrogens (tertiary/aromatic N) is 3. The van der Waals surface area contributed by atoms with Gasteiger partial charge >= 0.3 is 6.01 Å². The molecule has 7 nitrogen and oxygen atoms in total. The topological polar surface area (TPSA) is 90.8 Å². The van der Waals surface area contributed by atoms with Gasteiger partial charge in [-0.15, -0.1) is 0 Å². The molecule has 0 aliphatic heterocycles. The molecule has 31 heavy (non-hydrogen) atoms. The highest BCUT2D eigenvalue weighted by atomic mass is 16.5. The molecule has 2 N–H and O–H groups in total. The summed E-state index contributed by atoms with van der Waals surface area (Å²) in [6.07, 6.45) is 3.06. The molecule has 0 amide bonds. The lowest BCUT2D eigenvalue weighted by molar-refractivity contribution is 0.0786. The zero-order chi connectivity index (χ0) is 22.6. The number of benzene rings is 2. The highest BCUT2D eigenvalue weighted by Gasteiger charge is 2.16. The molecule has 160 valence electrons. The third-order valence-electron chi connectivity index (χ3n) is 4.80. The van der Waals surface area contributed by atoms with Crippen LogP contribution in [-0.2, 0) is 5.60 Å². The summed E-state index contributed by atoms with van der Waals surface area (Å²) in [5.41, 5.74) is 1.56. The SMILES string of the molecule is C=c1nc(Oc2ccc(N(C)c3ccc(C(C)(C)O)cc3)cc2)[nH]c(=O)/c1=C/C=NC. The van der Waals surface area contributed by atoms with Crippen LogP contribution in [0.25, 0.3) is 12.7 Å². The average Bonchev–Trinajstić information content (AvgIpc) is 2.73. The molecule has 0 radical (unpaired) electrons. The maximum atomic E-state index is 12.2. The van der Waals surface area contributed by atoms with Gasteiger partial charge in [0.05, 0.1) is 16.2 Å². The molecule has 0 bridgehead atoms. The molecule has 1 heterocycles. The number of hydrogen-bond acceptors (Lipinski definition) is 6. The number of ether oxygens (including phenoxy) is 1. The van der Waals surface area contributed by atoms with Crippen molar-refractivity contribution < 1.29 is 9.84 Å². The van der Waals surface area contributed by atoms with Crippen molar-refractivity contribution in [3.05, 3.63) is 75.0 Å². The molecule has 0 aliphatic carbocycles. The van der Waals surface area contributed by atoms with Crippen LogP contribution in [0.15, 0.2) is 58.3 Å². The number of hydrogen-bond donors (Lipinski definition) is 2. The van der Waals surface area contributed by atoms with Crippen LogP contribution in [0.4, 0.5) is 11.4 Å². The molecule has 0 saturated carbocycles. The minimum Gasteiger partial charge on any atom is -0.426 e. The Kier molecular flexibility index (Phi) is 6.36. The molecule has 0 fully saturated rings. The number of aromatic amines is 1. The van der Waals surface area contributed by atoms with Crippen LogP contribution in [0, 0.1) is 0 Å². The van der Waals surface area contributed by atoms with Gasteiger partial charge in [-0.05, 0) is 61.9 Å². The Balaban J connectivity index is 1.77. The van der Waals surface area contributed by atoms with Gasteiger partial charge in [-0.3, -0.25) is 14.8 Å². The fraction of sp³-hybridized carbons (Fsp3) is 0.208. The Morgan fingerprint density at radius 1 is 1.13 bits per heavy atom. The van der Waals surface area contributed by atoms with Crippen LogP contribution in [0.1, 0.15) is 19.4 Å². The smallest absolute Gasteiger partial charge is 0.302 e. The van der Waals surface area contributed by atoms with Crippen LogP contribution >= 0.6 is 0 Å². The second-order valence-corrected chi connectivity index (χ2v) is 7.57. The van der Waals surface area contributed by atoms with Crippen molar-refractivity contribution in [3.63, 3.8) is 0 Å². The van der Waals surface area contributed by atoms with Crippen molar-refractivity contribution in [1.82, 2.24) is 9.97 Å². The zero-order valence-corrected chi connectivity index (χ0v) is 18.1. The van der Waals surface area contributed by atoms with E-state index in [9.17, 15) is 9.90 Å². The highest BCUT2D eigenvalue weighted by molar-refractivity contribution is 5.90. The number of nitrogens with one attached hydrogen (secondary N) is 1. The van der Waals surface area contributed by atoms with Gasteiger partial charge in [0.25, 0.3) is 5.56 Å². The lowest BCUT2D eigenvalue weighted by Gasteiger charge is -2.22.